The van der Waals surface area contributed by atoms with Gasteiger partial charge >= 0.3 is 5.69 Å². The summed E-state index contributed by atoms with van der Waals surface area (Å²) in [6.07, 6.45) is 3.50. The molecule has 3 aromatic rings. The van der Waals surface area contributed by atoms with Crippen LogP contribution in [0.1, 0.15) is 25.3 Å². The van der Waals surface area contributed by atoms with Crippen molar-refractivity contribution in [2.24, 2.45) is 0 Å². The zero-order chi connectivity index (χ0) is 19.6. The number of fused-ring (bicyclic) bond motifs is 1. The van der Waals surface area contributed by atoms with Crippen molar-refractivity contribution in [1.82, 2.24) is 14.5 Å². The van der Waals surface area contributed by atoms with E-state index in [1.54, 1.807) is 6.20 Å². The van der Waals surface area contributed by atoms with E-state index in [-0.39, 0.29) is 23.8 Å². The summed E-state index contributed by atoms with van der Waals surface area (Å²) in [7, 11) is 1.49. The van der Waals surface area contributed by atoms with Crippen LogP contribution in [0.3, 0.4) is 0 Å². The van der Waals surface area contributed by atoms with E-state index in [4.69, 9.17) is 5.73 Å². The highest BCUT2D eigenvalue weighted by molar-refractivity contribution is 5.98. The first kappa shape index (κ1) is 18.5. The predicted octanol–water partition coefficient (Wildman–Crippen LogP) is 1.61. The molecule has 0 aliphatic rings. The minimum Gasteiger partial charge on any atom is -0.383 e. The van der Waals surface area contributed by atoms with Gasteiger partial charge in [-0.05, 0) is 18.1 Å². The van der Waals surface area contributed by atoms with Crippen molar-refractivity contribution in [3.8, 4) is 0 Å². The molecule has 142 valence electrons. The van der Waals surface area contributed by atoms with E-state index in [2.05, 4.69) is 9.97 Å². The number of amides is 1. The maximum atomic E-state index is 12.8. The fraction of sp³-hybridized carbons (Fsp3) is 0.316. The molecule has 1 aromatic carbocycles. The van der Waals surface area contributed by atoms with Crippen molar-refractivity contribution in [2.45, 2.75) is 32.7 Å². The van der Waals surface area contributed by atoms with Crippen LogP contribution in [0, 0.1) is 0 Å². The molecule has 0 spiro atoms. The maximum absolute atomic E-state index is 12.8. The van der Waals surface area contributed by atoms with Gasteiger partial charge in [0.15, 0.2) is 5.69 Å². The van der Waals surface area contributed by atoms with Crippen molar-refractivity contribution in [3.05, 3.63) is 56.9 Å². The Morgan fingerprint density at radius 1 is 1.26 bits per heavy atom. The van der Waals surface area contributed by atoms with Gasteiger partial charge in [-0.15, -0.1) is 0 Å². The lowest BCUT2D eigenvalue weighted by atomic mass is 10.1. The molecule has 0 saturated heterocycles. The number of benzene rings is 1. The number of unbranched alkanes of at least 4 members (excludes halogenated alkanes) is 1. The minimum atomic E-state index is -0.667. The zero-order valence-corrected chi connectivity index (χ0v) is 15.4. The second-order valence-corrected chi connectivity index (χ2v) is 6.49. The molecule has 1 amide bonds. The molecule has 2 heterocycles. The second-order valence-electron chi connectivity index (χ2n) is 6.49. The van der Waals surface area contributed by atoms with Gasteiger partial charge in [-0.3, -0.25) is 19.1 Å². The van der Waals surface area contributed by atoms with E-state index in [0.717, 1.165) is 29.3 Å². The molecule has 0 fully saturated rings. The maximum Gasteiger partial charge on any atom is 0.330 e. The number of rotatable bonds is 6. The van der Waals surface area contributed by atoms with Crippen molar-refractivity contribution in [2.75, 3.05) is 17.7 Å². The third-order valence-electron chi connectivity index (χ3n) is 4.68. The van der Waals surface area contributed by atoms with Crippen LogP contribution in [0.5, 0.6) is 0 Å². The normalized spacial score (nSPS) is 11.0. The second kappa shape index (κ2) is 7.53. The molecule has 2 aromatic heterocycles. The Morgan fingerprint density at radius 2 is 2.00 bits per heavy atom. The van der Waals surface area contributed by atoms with Gasteiger partial charge in [0.2, 0.25) is 5.91 Å². The number of nitrogens with zero attached hydrogens (tertiary/aromatic N) is 2. The number of hydrogen-bond donors (Lipinski definition) is 3. The van der Waals surface area contributed by atoms with Gasteiger partial charge in [0.25, 0.3) is 5.56 Å². The number of H-pyrrole nitrogens is 2. The molecule has 0 atom stereocenters. The lowest BCUT2D eigenvalue weighted by Crippen LogP contribution is -2.39. The Morgan fingerprint density at radius 3 is 2.74 bits per heavy atom. The third kappa shape index (κ3) is 3.51. The third-order valence-corrected chi connectivity index (χ3v) is 4.68. The minimum absolute atomic E-state index is 0.00413. The summed E-state index contributed by atoms with van der Waals surface area (Å²) in [6, 6.07) is 7.68. The first-order chi connectivity index (χ1) is 12.9. The topological polar surface area (TPSA) is 117 Å². The van der Waals surface area contributed by atoms with Gasteiger partial charge in [-0.2, -0.15) is 0 Å². The van der Waals surface area contributed by atoms with Crippen LogP contribution in [0.25, 0.3) is 10.9 Å². The molecule has 3 rings (SSSR count). The summed E-state index contributed by atoms with van der Waals surface area (Å²) < 4.78 is 1.30. The van der Waals surface area contributed by atoms with Crippen LogP contribution >= 0.6 is 0 Å². The zero-order valence-electron chi connectivity index (χ0n) is 15.4. The molecule has 0 saturated carbocycles. The number of hydrogen-bond acceptors (Lipinski definition) is 4. The summed E-state index contributed by atoms with van der Waals surface area (Å²) in [5.41, 5.74) is 6.61. The number of nitrogen functional groups attached to an aromatic ring is 1. The molecule has 27 heavy (non-hydrogen) atoms. The van der Waals surface area contributed by atoms with Gasteiger partial charge in [0.05, 0.1) is 6.42 Å². The summed E-state index contributed by atoms with van der Waals surface area (Å²) in [4.78, 5) is 43.7. The average molecular weight is 369 g/mol. The van der Waals surface area contributed by atoms with E-state index >= 15 is 0 Å². The number of nitrogens with one attached hydrogen (secondary N) is 2. The lowest BCUT2D eigenvalue weighted by Gasteiger charge is -2.20. The summed E-state index contributed by atoms with van der Waals surface area (Å²) >= 11 is 0. The van der Waals surface area contributed by atoms with Gasteiger partial charge in [-0.1, -0.05) is 31.5 Å². The van der Waals surface area contributed by atoms with Crippen molar-refractivity contribution in [1.29, 1.82) is 0 Å². The highest BCUT2D eigenvalue weighted by Crippen LogP contribution is 2.21. The van der Waals surface area contributed by atoms with Crippen molar-refractivity contribution in [3.63, 3.8) is 0 Å². The Balaban J connectivity index is 1.93. The Bertz CT molecular complexity index is 1090. The lowest BCUT2D eigenvalue weighted by molar-refractivity contribution is -0.117. The number of carbonyl (C=O) groups is 1. The highest BCUT2D eigenvalue weighted by Gasteiger charge is 2.21. The van der Waals surface area contributed by atoms with Crippen LogP contribution in [-0.2, 0) is 17.8 Å². The molecule has 8 heteroatoms. The fourth-order valence-electron chi connectivity index (χ4n) is 3.12. The molecular formula is C19H23N5O3. The van der Waals surface area contributed by atoms with Gasteiger partial charge < -0.3 is 15.6 Å². The fourth-order valence-corrected chi connectivity index (χ4v) is 3.12. The number of likely N-dealkylation sites (N-methyl/N-ethyl adjacent to an activating group) is 1. The molecule has 0 aliphatic carbocycles. The number of para-hydroxylation sites is 1. The van der Waals surface area contributed by atoms with E-state index in [1.807, 2.05) is 31.2 Å². The van der Waals surface area contributed by atoms with Gasteiger partial charge in [0, 0.05) is 30.7 Å². The Labute approximate surface area is 155 Å². The van der Waals surface area contributed by atoms with Crippen LogP contribution in [-0.4, -0.2) is 27.5 Å². The first-order valence-electron chi connectivity index (χ1n) is 8.88. The summed E-state index contributed by atoms with van der Waals surface area (Å²) in [6.45, 7) is 2.38. The summed E-state index contributed by atoms with van der Waals surface area (Å²) in [5.74, 6) is -0.287. The number of anilines is 2. The van der Waals surface area contributed by atoms with Crippen LogP contribution in [0.15, 0.2) is 40.1 Å². The van der Waals surface area contributed by atoms with E-state index < -0.39 is 11.2 Å². The Kier molecular flexibility index (Phi) is 5.16. The smallest absolute Gasteiger partial charge is 0.330 e. The highest BCUT2D eigenvalue weighted by atomic mass is 16.2. The monoisotopic (exact) mass is 369 g/mol. The van der Waals surface area contributed by atoms with Gasteiger partial charge in [-0.25, -0.2) is 4.79 Å². The number of aromatic amines is 2. The molecular weight excluding hydrogens is 346 g/mol. The van der Waals surface area contributed by atoms with Crippen LogP contribution in [0.2, 0.25) is 0 Å². The standard InChI is InChI=1S/C19H23N5O3/c1-3-4-9-24-17(20)16(18(26)22-19(24)27)23(2)15(25)10-12-11-21-14-8-6-5-7-13(12)14/h5-8,11,21H,3-4,9-10,20H2,1-2H3,(H,22,26,27). The molecule has 8 nitrogen and oxygen atoms in total. The van der Waals surface area contributed by atoms with Crippen molar-refractivity contribution < 1.29 is 4.79 Å². The van der Waals surface area contributed by atoms with Crippen LogP contribution < -0.4 is 21.9 Å². The van der Waals surface area contributed by atoms with Crippen molar-refractivity contribution >= 4 is 28.3 Å². The first-order valence-corrected chi connectivity index (χ1v) is 8.88. The number of nitrogens with two attached hydrogens (primary N) is 1. The van der Waals surface area contributed by atoms with E-state index in [1.165, 1.54) is 16.5 Å². The summed E-state index contributed by atoms with van der Waals surface area (Å²) in [5, 5.41) is 0.953. The van der Waals surface area contributed by atoms with Crippen LogP contribution in [0.4, 0.5) is 11.5 Å². The Hall–Kier alpha value is -3.29. The molecule has 0 bridgehead atoms. The van der Waals surface area contributed by atoms with E-state index in [0.29, 0.717) is 6.54 Å². The molecule has 0 unspecified atom stereocenters. The number of aromatic nitrogens is 3. The quantitative estimate of drug-likeness (QED) is 0.612. The predicted molar refractivity (Wildman–Crippen MR) is 106 cm³/mol. The van der Waals surface area contributed by atoms with E-state index in [9.17, 15) is 14.4 Å². The molecule has 0 aliphatic heterocycles. The SMILES string of the molecule is CCCCn1c(N)c(N(C)C(=O)Cc2c[nH]c3ccccc23)c(=O)[nH]c1=O. The molecule has 0 radical (unpaired) electrons. The number of carbonyl (C=O) groups excluding carboxylic acids is 1. The average Bonchev–Trinajstić information content (AvgIpc) is 3.04. The van der Waals surface area contributed by atoms with Gasteiger partial charge in [0.1, 0.15) is 5.82 Å². The largest absolute Gasteiger partial charge is 0.383 e. The molecule has 4 N–H and O–H groups in total.